The topological polar surface area (TPSA) is 35.6 Å². The minimum absolute atomic E-state index is 0.980. The lowest BCUT2D eigenvalue weighted by Gasteiger charge is -2.31. The molecule has 0 atom stereocenters. The Labute approximate surface area is 350 Å². The molecule has 10 aromatic rings. The number of nitrogens with zero attached hydrogens (tertiary/aromatic N) is 4. The number of aryl methyl sites for hydroxylation is 10. The monoisotopic (exact) mass is 774 g/mol. The molecular weight excluding hydrogens is 729 g/mol. The molecule has 4 aromatic heterocycles. The molecule has 4 heteroatoms. The Balaban J connectivity index is 1.16. The highest BCUT2D eigenvalue weighted by atomic mass is 15.1. The van der Waals surface area contributed by atoms with Gasteiger partial charge >= 0.3 is 0 Å². The number of benzene rings is 6. The van der Waals surface area contributed by atoms with Crippen LogP contribution >= 0.6 is 0 Å². The maximum absolute atomic E-state index is 5.04. The van der Waals surface area contributed by atoms with Gasteiger partial charge in [-0.2, -0.15) is 0 Å². The van der Waals surface area contributed by atoms with Crippen LogP contribution in [-0.2, 0) is 25.7 Å². The fraction of sp³-hybridized carbons (Fsp3) is 0.179. The van der Waals surface area contributed by atoms with Crippen LogP contribution in [0.2, 0.25) is 0 Å². The van der Waals surface area contributed by atoms with Gasteiger partial charge in [0, 0.05) is 33.9 Å². The molecule has 2 aliphatic rings. The third kappa shape index (κ3) is 5.23. The Morgan fingerprint density at radius 3 is 1.18 bits per heavy atom. The summed E-state index contributed by atoms with van der Waals surface area (Å²) in [7, 11) is 0. The van der Waals surface area contributed by atoms with Gasteiger partial charge in [0.25, 0.3) is 0 Å². The molecule has 0 bridgehead atoms. The first-order chi connectivity index (χ1) is 29.2. The first kappa shape index (κ1) is 35.2. The van der Waals surface area contributed by atoms with Crippen molar-refractivity contribution in [3.05, 3.63) is 177 Å². The maximum Gasteiger partial charge on any atom is 0.137 e. The quantitative estimate of drug-likeness (QED) is 0.178. The summed E-state index contributed by atoms with van der Waals surface area (Å²) in [6.07, 6.45) is 7.87. The molecule has 0 spiro atoms. The molecule has 12 rings (SSSR count). The second-order valence-corrected chi connectivity index (χ2v) is 17.8. The van der Waals surface area contributed by atoms with Gasteiger partial charge in [0.1, 0.15) is 11.6 Å². The van der Waals surface area contributed by atoms with E-state index in [1.165, 1.54) is 133 Å². The molecule has 0 unspecified atom stereocenters. The highest BCUT2D eigenvalue weighted by Crippen LogP contribution is 2.51. The van der Waals surface area contributed by atoms with E-state index in [1.807, 2.05) is 12.4 Å². The summed E-state index contributed by atoms with van der Waals surface area (Å²) in [5.74, 6) is 1.96. The van der Waals surface area contributed by atoms with E-state index in [0.29, 0.717) is 0 Å². The Hall–Kier alpha value is -6.78. The lowest BCUT2D eigenvalue weighted by molar-refractivity contribution is 0.881. The SMILES string of the molecule is Cc1cc(C)cc(-c2ccc3c(c2)c2cc4c5c(c2n3-c2cc(C)ccn2)CCc2cc3c6cc(-c7cc(C)cc(C)c7)ccc6n(-c6cc(C)ccn6)c3c(c2-5)CC4)c1. The second-order valence-electron chi connectivity index (χ2n) is 17.8. The molecule has 2 aliphatic carbocycles. The number of pyridine rings is 2. The van der Waals surface area contributed by atoms with Gasteiger partial charge in [-0.1, -0.05) is 70.8 Å². The average molecular weight is 775 g/mol. The van der Waals surface area contributed by atoms with E-state index >= 15 is 0 Å². The Bertz CT molecular complexity index is 3230. The number of aromatic nitrogens is 4. The van der Waals surface area contributed by atoms with Crippen LogP contribution in [0.5, 0.6) is 0 Å². The van der Waals surface area contributed by atoms with E-state index < -0.39 is 0 Å². The minimum Gasteiger partial charge on any atom is -0.293 e. The third-order valence-electron chi connectivity index (χ3n) is 13.4. The molecule has 4 heterocycles. The number of hydrogen-bond donors (Lipinski definition) is 0. The summed E-state index contributed by atoms with van der Waals surface area (Å²) in [6, 6.07) is 41.7. The van der Waals surface area contributed by atoms with Crippen LogP contribution in [-0.4, -0.2) is 19.1 Å². The molecule has 0 amide bonds. The Kier molecular flexibility index (Phi) is 7.54. The Morgan fingerprint density at radius 2 is 0.783 bits per heavy atom. The fourth-order valence-corrected chi connectivity index (χ4v) is 11.1. The summed E-state index contributed by atoms with van der Waals surface area (Å²) in [4.78, 5) is 10.1. The van der Waals surface area contributed by atoms with Crippen molar-refractivity contribution >= 4 is 43.6 Å². The van der Waals surface area contributed by atoms with E-state index in [-0.39, 0.29) is 0 Å². The number of fused-ring (bicyclic) bond motifs is 8. The van der Waals surface area contributed by atoms with Crippen molar-refractivity contribution in [3.63, 3.8) is 0 Å². The van der Waals surface area contributed by atoms with Crippen molar-refractivity contribution in [2.24, 2.45) is 0 Å². The second kappa shape index (κ2) is 12.9. The smallest absolute Gasteiger partial charge is 0.137 e. The predicted octanol–water partition coefficient (Wildman–Crippen LogP) is 13.7. The zero-order valence-electron chi connectivity index (χ0n) is 35.2. The third-order valence-corrected chi connectivity index (χ3v) is 13.4. The standard InChI is InChI=1S/C56H46N4/c1-31-15-17-57-51(25-31)59-49-13-9-37(41-21-33(3)19-34(4)22-41)27-45(49)47-29-39-8-12-44-54-40(7-11-43(53(39)54)55(47)59)30-48-46-28-38(42-23-35(5)20-36(6)24-42)10-14-50(46)60(56(44)48)52-26-32(2)16-18-58-52/h9-10,13-30H,7-8,11-12H2,1-6H3. The van der Waals surface area contributed by atoms with E-state index in [1.54, 1.807) is 0 Å². The molecule has 0 saturated heterocycles. The zero-order chi connectivity index (χ0) is 40.6. The normalized spacial score (nSPS) is 13.2. The molecule has 4 nitrogen and oxygen atoms in total. The molecule has 0 saturated carbocycles. The lowest BCUT2D eigenvalue weighted by atomic mass is 9.74. The van der Waals surface area contributed by atoms with Crippen LogP contribution in [0.15, 0.2) is 122 Å². The van der Waals surface area contributed by atoms with Crippen LogP contribution in [0.25, 0.3) is 88.6 Å². The van der Waals surface area contributed by atoms with E-state index in [4.69, 9.17) is 9.97 Å². The van der Waals surface area contributed by atoms with Crippen LogP contribution in [0.1, 0.15) is 55.6 Å². The molecule has 60 heavy (non-hydrogen) atoms. The van der Waals surface area contributed by atoms with Gasteiger partial charge < -0.3 is 0 Å². The summed E-state index contributed by atoms with van der Waals surface area (Å²) >= 11 is 0. The predicted molar refractivity (Wildman–Crippen MR) is 250 cm³/mol. The van der Waals surface area contributed by atoms with Gasteiger partial charge in [-0.05, 0) is 195 Å². The summed E-state index contributed by atoms with van der Waals surface area (Å²) < 4.78 is 4.94. The Morgan fingerprint density at radius 1 is 0.367 bits per heavy atom. The van der Waals surface area contributed by atoms with Gasteiger partial charge in [0.05, 0.1) is 22.1 Å². The van der Waals surface area contributed by atoms with Gasteiger partial charge in [-0.25, -0.2) is 9.97 Å². The maximum atomic E-state index is 5.04. The van der Waals surface area contributed by atoms with Crippen molar-refractivity contribution in [2.75, 3.05) is 0 Å². The van der Waals surface area contributed by atoms with Crippen molar-refractivity contribution in [3.8, 4) is 45.0 Å². The van der Waals surface area contributed by atoms with Crippen molar-refractivity contribution < 1.29 is 0 Å². The molecule has 6 aromatic carbocycles. The van der Waals surface area contributed by atoms with E-state index in [0.717, 1.165) is 37.3 Å². The molecule has 0 N–H and O–H groups in total. The number of hydrogen-bond acceptors (Lipinski definition) is 2. The molecule has 0 aliphatic heterocycles. The van der Waals surface area contributed by atoms with Crippen molar-refractivity contribution in [1.29, 1.82) is 0 Å². The molecular formula is C56H46N4. The molecule has 0 fully saturated rings. The first-order valence-corrected chi connectivity index (χ1v) is 21.5. The van der Waals surface area contributed by atoms with E-state index in [2.05, 4.69) is 160 Å². The van der Waals surface area contributed by atoms with Gasteiger partial charge in [-0.15, -0.1) is 0 Å². The van der Waals surface area contributed by atoms with Crippen LogP contribution in [0.3, 0.4) is 0 Å². The summed E-state index contributed by atoms with van der Waals surface area (Å²) in [6.45, 7) is 13.1. The largest absolute Gasteiger partial charge is 0.293 e. The highest BCUT2D eigenvalue weighted by molar-refractivity contribution is 6.16. The van der Waals surface area contributed by atoms with Crippen molar-refractivity contribution in [2.45, 2.75) is 67.2 Å². The fourth-order valence-electron chi connectivity index (χ4n) is 11.1. The summed E-state index contributed by atoms with van der Waals surface area (Å²) in [5, 5.41) is 5.25. The number of rotatable bonds is 4. The van der Waals surface area contributed by atoms with Gasteiger partial charge in [0.2, 0.25) is 0 Å². The lowest BCUT2D eigenvalue weighted by Crippen LogP contribution is -2.16. The zero-order valence-corrected chi connectivity index (χ0v) is 35.2. The molecule has 290 valence electrons. The average Bonchev–Trinajstić information content (AvgIpc) is 3.74. The summed E-state index contributed by atoms with van der Waals surface area (Å²) in [5.41, 5.74) is 26.4. The minimum atomic E-state index is 0.980. The van der Waals surface area contributed by atoms with Gasteiger partial charge in [-0.3, -0.25) is 9.13 Å². The van der Waals surface area contributed by atoms with Crippen molar-refractivity contribution in [1.82, 2.24) is 19.1 Å². The van der Waals surface area contributed by atoms with Crippen LogP contribution in [0, 0.1) is 41.5 Å². The molecule has 0 radical (unpaired) electrons. The highest BCUT2D eigenvalue weighted by Gasteiger charge is 2.33. The first-order valence-electron chi connectivity index (χ1n) is 21.5. The van der Waals surface area contributed by atoms with Crippen LogP contribution < -0.4 is 0 Å². The van der Waals surface area contributed by atoms with E-state index in [9.17, 15) is 0 Å². The van der Waals surface area contributed by atoms with Crippen LogP contribution in [0.4, 0.5) is 0 Å². The van der Waals surface area contributed by atoms with Gasteiger partial charge in [0.15, 0.2) is 0 Å².